The van der Waals surface area contributed by atoms with Crippen LogP contribution < -0.4 is 10.2 Å². The number of morpholine rings is 1. The monoisotopic (exact) mass is 530 g/mol. The molecule has 3 aromatic heterocycles. The predicted molar refractivity (Wildman–Crippen MR) is 150 cm³/mol. The summed E-state index contributed by atoms with van der Waals surface area (Å²) in [4.78, 5) is 15.4. The van der Waals surface area contributed by atoms with Gasteiger partial charge in [0.2, 0.25) is 0 Å². The number of H-pyrrole nitrogens is 1. The van der Waals surface area contributed by atoms with Gasteiger partial charge in [-0.3, -0.25) is 0 Å². The summed E-state index contributed by atoms with van der Waals surface area (Å²) in [6, 6.07) is 1.96. The second kappa shape index (κ2) is 10.4. The molecule has 0 bridgehead atoms. The van der Waals surface area contributed by atoms with Gasteiger partial charge in [-0.2, -0.15) is 0 Å². The van der Waals surface area contributed by atoms with Crippen LogP contribution in [0.25, 0.3) is 22.7 Å². The minimum atomic E-state index is 0.0282. The number of hydrogen-bond acceptors (Lipinski definition) is 9. The minimum absolute atomic E-state index is 0.0282. The number of terminal acetylenes is 1. The molecule has 0 spiro atoms. The highest BCUT2D eigenvalue weighted by Crippen LogP contribution is 2.40. The van der Waals surface area contributed by atoms with E-state index in [4.69, 9.17) is 30.3 Å². The fraction of sp³-hybridized carbons (Fsp3) is 0.393. The maximum atomic E-state index is 6.40. The summed E-state index contributed by atoms with van der Waals surface area (Å²) >= 11 is 1.32. The predicted octanol–water partition coefficient (Wildman–Crippen LogP) is 4.06. The molecule has 0 saturated carbocycles. The maximum Gasteiger partial charge on any atom is 0.197 e. The van der Waals surface area contributed by atoms with E-state index in [2.05, 4.69) is 38.5 Å². The summed E-state index contributed by atoms with van der Waals surface area (Å²) < 4.78 is 22.1. The largest absolute Gasteiger partial charge is 0.442 e. The number of nitrogens with zero attached hydrogens (tertiary/aromatic N) is 4. The van der Waals surface area contributed by atoms with E-state index in [1.807, 2.05) is 31.5 Å². The highest BCUT2D eigenvalue weighted by Gasteiger charge is 2.36. The number of anilines is 1. The normalized spacial score (nSPS) is 19.0. The number of allylic oxidation sites excluding steroid dienone is 1. The average molecular weight is 531 g/mol. The second-order valence-electron chi connectivity index (χ2n) is 9.59. The molecule has 2 N–H and O–H groups in total. The Labute approximate surface area is 225 Å². The topological polar surface area (TPSA) is 101 Å². The summed E-state index contributed by atoms with van der Waals surface area (Å²) in [5.74, 6) is 4.09. The molecular formula is C28H30N6O3S. The van der Waals surface area contributed by atoms with Gasteiger partial charge in [0, 0.05) is 55.1 Å². The van der Waals surface area contributed by atoms with Crippen LogP contribution in [-0.2, 0) is 9.47 Å². The molecule has 0 aromatic carbocycles. The Morgan fingerprint density at radius 2 is 2.13 bits per heavy atom. The fourth-order valence-electron chi connectivity index (χ4n) is 4.91. The van der Waals surface area contributed by atoms with Gasteiger partial charge in [0.25, 0.3) is 0 Å². The highest BCUT2D eigenvalue weighted by molar-refractivity contribution is 7.98. The van der Waals surface area contributed by atoms with Crippen molar-refractivity contribution in [1.29, 1.82) is 0 Å². The second-order valence-corrected chi connectivity index (χ2v) is 10.4. The molecule has 2 saturated heterocycles. The van der Waals surface area contributed by atoms with E-state index in [1.54, 1.807) is 0 Å². The summed E-state index contributed by atoms with van der Waals surface area (Å²) in [5, 5.41) is 4.38. The number of hydrogen-bond donors (Lipinski definition) is 2. The molecule has 10 heteroatoms. The number of furan rings is 1. The number of fused-ring (bicyclic) bond motifs is 3. The Kier molecular flexibility index (Phi) is 6.84. The first kappa shape index (κ1) is 24.9. The van der Waals surface area contributed by atoms with E-state index in [0.29, 0.717) is 42.0 Å². The molecule has 3 aliphatic rings. The van der Waals surface area contributed by atoms with Gasteiger partial charge in [0.05, 0.1) is 43.2 Å². The third-order valence-corrected chi connectivity index (χ3v) is 8.00. The van der Waals surface area contributed by atoms with Crippen LogP contribution in [0.15, 0.2) is 37.8 Å². The van der Waals surface area contributed by atoms with Crippen molar-refractivity contribution in [3.63, 3.8) is 0 Å². The van der Waals surface area contributed by atoms with Gasteiger partial charge >= 0.3 is 0 Å². The summed E-state index contributed by atoms with van der Waals surface area (Å²) in [5.41, 5.74) is 5.87. The first-order chi connectivity index (χ1) is 18.6. The molecule has 3 aromatic rings. The van der Waals surface area contributed by atoms with E-state index in [0.717, 1.165) is 66.3 Å². The molecule has 0 aliphatic carbocycles. The van der Waals surface area contributed by atoms with E-state index in [-0.39, 0.29) is 5.54 Å². The van der Waals surface area contributed by atoms with Crippen molar-refractivity contribution in [3.05, 3.63) is 46.6 Å². The quantitative estimate of drug-likeness (QED) is 0.348. The molecule has 6 heterocycles. The van der Waals surface area contributed by atoms with Crippen LogP contribution in [0.3, 0.4) is 0 Å². The standard InChI is InChI=1S/C28H30N6O3S/c1-4-19(20-7-8-29-22(20)5-2)25-32-23-21-13-18(14-30-28(6-3)16-36-17-28)15-31-38-27(21)37-24(23)26(33-25)34-9-11-35-12-10-34/h2,4,7-8,13,15,29-30H,6,9-12,14,16-17H2,1,3H3/b19-4+. The van der Waals surface area contributed by atoms with Crippen molar-refractivity contribution in [3.8, 4) is 12.3 Å². The van der Waals surface area contributed by atoms with Gasteiger partial charge in [-0.05, 0) is 31.1 Å². The van der Waals surface area contributed by atoms with Gasteiger partial charge in [-0.1, -0.05) is 18.9 Å². The van der Waals surface area contributed by atoms with Crippen molar-refractivity contribution >= 4 is 46.7 Å². The molecule has 196 valence electrons. The van der Waals surface area contributed by atoms with E-state index in [1.165, 1.54) is 11.9 Å². The lowest BCUT2D eigenvalue weighted by molar-refractivity contribution is -0.0744. The van der Waals surface area contributed by atoms with Gasteiger partial charge in [0.15, 0.2) is 22.3 Å². The van der Waals surface area contributed by atoms with E-state index in [9.17, 15) is 0 Å². The Morgan fingerprint density at radius 3 is 2.84 bits per heavy atom. The van der Waals surface area contributed by atoms with Gasteiger partial charge in [0.1, 0.15) is 5.52 Å². The molecule has 38 heavy (non-hydrogen) atoms. The molecule has 0 amide bonds. The number of aromatic amines is 1. The van der Waals surface area contributed by atoms with Crippen LogP contribution in [0.4, 0.5) is 5.82 Å². The van der Waals surface area contributed by atoms with Gasteiger partial charge < -0.3 is 29.1 Å². The van der Waals surface area contributed by atoms with E-state index >= 15 is 0 Å². The van der Waals surface area contributed by atoms with Crippen LogP contribution in [0.2, 0.25) is 0 Å². The van der Waals surface area contributed by atoms with Crippen LogP contribution in [0.5, 0.6) is 0 Å². The lowest BCUT2D eigenvalue weighted by Crippen LogP contribution is -2.60. The fourth-order valence-corrected chi connectivity index (χ4v) is 5.57. The molecule has 9 nitrogen and oxygen atoms in total. The molecular weight excluding hydrogens is 500 g/mol. The van der Waals surface area contributed by atoms with Crippen LogP contribution in [0.1, 0.15) is 42.9 Å². The van der Waals surface area contributed by atoms with Crippen molar-refractivity contribution in [2.24, 2.45) is 4.40 Å². The smallest absolute Gasteiger partial charge is 0.197 e. The number of aromatic nitrogens is 3. The van der Waals surface area contributed by atoms with Crippen LogP contribution >= 0.6 is 11.9 Å². The SMILES string of the molecule is C#Cc1[nH]ccc1/C(=C\C)c1nc(N2CCOCC2)c2oc3c(c2n1)C=C(CNC1(CC)COC1)C=NS3. The number of rotatable bonds is 7. The zero-order valence-electron chi connectivity index (χ0n) is 21.5. The minimum Gasteiger partial charge on any atom is -0.442 e. The zero-order chi connectivity index (χ0) is 26.1. The zero-order valence-corrected chi connectivity index (χ0v) is 22.4. The third-order valence-electron chi connectivity index (χ3n) is 7.32. The first-order valence-corrected chi connectivity index (χ1v) is 13.6. The Morgan fingerprint density at radius 1 is 1.29 bits per heavy atom. The summed E-state index contributed by atoms with van der Waals surface area (Å²) in [7, 11) is 0. The van der Waals surface area contributed by atoms with Crippen LogP contribution in [-0.4, -0.2) is 72.8 Å². The average Bonchev–Trinajstić information content (AvgIpc) is 3.47. The molecule has 0 atom stereocenters. The van der Waals surface area contributed by atoms with E-state index < -0.39 is 0 Å². The van der Waals surface area contributed by atoms with Crippen LogP contribution in [0, 0.1) is 12.3 Å². The third kappa shape index (κ3) is 4.46. The summed E-state index contributed by atoms with van der Waals surface area (Å²) in [6.45, 7) is 9.00. The highest BCUT2D eigenvalue weighted by atomic mass is 32.2. The number of nitrogens with one attached hydrogen (secondary N) is 2. The van der Waals surface area contributed by atoms with Crippen molar-refractivity contribution in [2.75, 3.05) is 51.0 Å². The number of ether oxygens (including phenoxy) is 2. The van der Waals surface area contributed by atoms with Crippen molar-refractivity contribution < 1.29 is 13.9 Å². The Hall–Kier alpha value is -3.36. The molecule has 3 aliphatic heterocycles. The van der Waals surface area contributed by atoms with Gasteiger partial charge in [-0.25, -0.2) is 14.4 Å². The lowest BCUT2D eigenvalue weighted by Gasteiger charge is -2.41. The summed E-state index contributed by atoms with van der Waals surface area (Å²) in [6.07, 6.45) is 14.6. The molecule has 0 unspecified atom stereocenters. The maximum absolute atomic E-state index is 6.40. The van der Waals surface area contributed by atoms with Crippen molar-refractivity contribution in [2.45, 2.75) is 30.9 Å². The molecule has 0 radical (unpaired) electrons. The van der Waals surface area contributed by atoms with Crippen molar-refractivity contribution in [1.82, 2.24) is 20.3 Å². The Balaban J connectivity index is 1.47. The first-order valence-electron chi connectivity index (χ1n) is 12.9. The lowest BCUT2D eigenvalue weighted by atomic mass is 9.93. The Bertz CT molecular complexity index is 1480. The molecule has 6 rings (SSSR count). The van der Waals surface area contributed by atoms with Gasteiger partial charge in [-0.15, -0.1) is 6.42 Å². The molecule has 2 fully saturated rings.